The minimum absolute atomic E-state index is 0.0236. The summed E-state index contributed by atoms with van der Waals surface area (Å²) in [5.41, 5.74) is 0.990. The number of carbonyl (C=O) groups is 5. The van der Waals surface area contributed by atoms with Crippen molar-refractivity contribution in [3.8, 4) is 0 Å². The Kier molecular flexibility index (Phi) is 8.46. The van der Waals surface area contributed by atoms with E-state index >= 15 is 0 Å². The lowest BCUT2D eigenvalue weighted by Crippen LogP contribution is -2.40. The molecule has 3 rings (SSSR count). The van der Waals surface area contributed by atoms with Gasteiger partial charge in [-0.15, -0.1) is 0 Å². The first-order chi connectivity index (χ1) is 16.9. The number of anilines is 1. The van der Waals surface area contributed by atoms with Gasteiger partial charge in [-0.25, -0.2) is 4.79 Å². The summed E-state index contributed by atoms with van der Waals surface area (Å²) in [6.45, 7) is 4.97. The van der Waals surface area contributed by atoms with Crippen LogP contribution in [0.4, 0.5) is 10.5 Å². The predicted octanol–water partition coefficient (Wildman–Crippen LogP) is 3.21. The van der Waals surface area contributed by atoms with Crippen molar-refractivity contribution in [3.63, 3.8) is 0 Å². The smallest absolute Gasteiger partial charge is 0.407 e. The summed E-state index contributed by atoms with van der Waals surface area (Å²) in [5.74, 6) is -1.90. The van der Waals surface area contributed by atoms with Crippen LogP contribution in [-0.2, 0) is 20.9 Å². The molecule has 0 fully saturated rings. The molecule has 11 heteroatoms. The molecule has 190 valence electrons. The molecule has 0 saturated heterocycles. The zero-order valence-corrected chi connectivity index (χ0v) is 21.7. The number of benzene rings is 2. The molecule has 5 amide bonds. The number of alkyl carbamates (subject to hydrolysis) is 1. The van der Waals surface area contributed by atoms with E-state index in [1.54, 1.807) is 63.2 Å². The fourth-order valence-corrected chi connectivity index (χ4v) is 3.76. The number of amides is 5. The van der Waals surface area contributed by atoms with Crippen LogP contribution in [0.2, 0.25) is 0 Å². The maximum Gasteiger partial charge on any atom is 0.407 e. The number of para-hydroxylation sites is 1. The van der Waals surface area contributed by atoms with Gasteiger partial charge < -0.3 is 20.7 Å². The number of ether oxygens (including phenoxy) is 1. The van der Waals surface area contributed by atoms with E-state index in [-0.39, 0.29) is 36.5 Å². The highest BCUT2D eigenvalue weighted by Gasteiger charge is 2.36. The monoisotopic (exact) mass is 558 g/mol. The van der Waals surface area contributed by atoms with Crippen LogP contribution in [0, 0.1) is 0 Å². The summed E-state index contributed by atoms with van der Waals surface area (Å²) in [5, 5.41) is 7.96. The number of imide groups is 1. The summed E-state index contributed by atoms with van der Waals surface area (Å²) < 4.78 is 5.79. The number of hydrogen-bond acceptors (Lipinski definition) is 6. The second kappa shape index (κ2) is 11.3. The van der Waals surface area contributed by atoms with Crippen LogP contribution >= 0.6 is 15.9 Å². The van der Waals surface area contributed by atoms with Crippen molar-refractivity contribution in [3.05, 3.63) is 63.6 Å². The van der Waals surface area contributed by atoms with Crippen LogP contribution in [0.5, 0.6) is 0 Å². The lowest BCUT2D eigenvalue weighted by atomic mass is 10.1. The van der Waals surface area contributed by atoms with Crippen LogP contribution in [0.15, 0.2) is 46.9 Å². The van der Waals surface area contributed by atoms with E-state index in [2.05, 4.69) is 31.9 Å². The van der Waals surface area contributed by atoms with Crippen LogP contribution < -0.4 is 16.0 Å². The Morgan fingerprint density at radius 3 is 2.36 bits per heavy atom. The molecule has 1 aliphatic heterocycles. The van der Waals surface area contributed by atoms with E-state index in [0.29, 0.717) is 15.7 Å². The van der Waals surface area contributed by atoms with Gasteiger partial charge in [0.15, 0.2) is 0 Å². The number of carbonyl (C=O) groups excluding carboxylic acids is 5. The molecule has 2 aromatic rings. The zero-order chi connectivity index (χ0) is 26.5. The third-order valence-corrected chi connectivity index (χ3v) is 5.52. The van der Waals surface area contributed by atoms with E-state index in [1.165, 1.54) is 0 Å². The molecule has 3 N–H and O–H groups in total. The number of hydrogen-bond donors (Lipinski definition) is 3. The van der Waals surface area contributed by atoms with Gasteiger partial charge in [0, 0.05) is 29.7 Å². The molecule has 36 heavy (non-hydrogen) atoms. The van der Waals surface area contributed by atoms with Crippen molar-refractivity contribution < 1.29 is 28.7 Å². The van der Waals surface area contributed by atoms with Gasteiger partial charge in [0.2, 0.25) is 11.8 Å². The van der Waals surface area contributed by atoms with Gasteiger partial charge in [0.05, 0.1) is 11.1 Å². The summed E-state index contributed by atoms with van der Waals surface area (Å²) in [6.07, 6.45) is -0.584. The number of rotatable bonds is 8. The molecular weight excluding hydrogens is 532 g/mol. The largest absolute Gasteiger partial charge is 0.444 e. The Labute approximate surface area is 216 Å². The molecule has 0 unspecified atom stereocenters. The third kappa shape index (κ3) is 7.14. The average Bonchev–Trinajstić information content (AvgIpc) is 3.01. The molecule has 0 bridgehead atoms. The number of nitrogens with zero attached hydrogens (tertiary/aromatic N) is 1. The van der Waals surface area contributed by atoms with Crippen molar-refractivity contribution in [2.24, 2.45) is 0 Å². The van der Waals surface area contributed by atoms with Gasteiger partial charge in [0.1, 0.15) is 12.1 Å². The van der Waals surface area contributed by atoms with Crippen molar-refractivity contribution in [1.29, 1.82) is 0 Å². The third-order valence-electron chi connectivity index (χ3n) is 5.02. The van der Waals surface area contributed by atoms with E-state index in [9.17, 15) is 24.0 Å². The van der Waals surface area contributed by atoms with Gasteiger partial charge in [-0.1, -0.05) is 34.1 Å². The van der Waals surface area contributed by atoms with Gasteiger partial charge in [-0.2, -0.15) is 0 Å². The maximum atomic E-state index is 12.6. The van der Waals surface area contributed by atoms with Crippen molar-refractivity contribution in [2.45, 2.75) is 39.3 Å². The Morgan fingerprint density at radius 2 is 1.64 bits per heavy atom. The molecule has 1 aliphatic rings. The highest BCUT2D eigenvalue weighted by Crippen LogP contribution is 2.25. The van der Waals surface area contributed by atoms with Crippen LogP contribution in [0.3, 0.4) is 0 Å². The molecule has 0 aliphatic carbocycles. The van der Waals surface area contributed by atoms with Crippen LogP contribution in [-0.4, -0.2) is 53.3 Å². The first-order valence-electron chi connectivity index (χ1n) is 11.2. The topological polar surface area (TPSA) is 134 Å². The molecule has 0 radical (unpaired) electrons. The van der Waals surface area contributed by atoms with E-state index in [1.807, 2.05) is 0 Å². The quantitative estimate of drug-likeness (QED) is 0.426. The fraction of sp³-hybridized carbons (Fsp3) is 0.320. The predicted molar refractivity (Wildman–Crippen MR) is 135 cm³/mol. The Morgan fingerprint density at radius 1 is 0.944 bits per heavy atom. The lowest BCUT2D eigenvalue weighted by molar-refractivity contribution is -0.121. The number of halogens is 1. The normalized spacial score (nSPS) is 12.7. The first kappa shape index (κ1) is 26.9. The summed E-state index contributed by atoms with van der Waals surface area (Å²) in [4.78, 5) is 62.5. The molecule has 1 heterocycles. The van der Waals surface area contributed by atoms with Crippen molar-refractivity contribution in [1.82, 2.24) is 15.5 Å². The second-order valence-corrected chi connectivity index (χ2v) is 9.96. The summed E-state index contributed by atoms with van der Waals surface area (Å²) >= 11 is 3.27. The van der Waals surface area contributed by atoms with Gasteiger partial charge in [0.25, 0.3) is 11.8 Å². The first-order valence-corrected chi connectivity index (χ1v) is 12.0. The van der Waals surface area contributed by atoms with E-state index < -0.39 is 36.0 Å². The van der Waals surface area contributed by atoms with Gasteiger partial charge >= 0.3 is 6.09 Å². The van der Waals surface area contributed by atoms with Crippen LogP contribution in [0.1, 0.15) is 53.5 Å². The van der Waals surface area contributed by atoms with Crippen molar-refractivity contribution >= 4 is 51.3 Å². The Balaban J connectivity index is 1.50. The zero-order valence-electron chi connectivity index (χ0n) is 20.1. The van der Waals surface area contributed by atoms with Gasteiger partial charge in [-0.3, -0.25) is 24.1 Å². The minimum atomic E-state index is -0.633. The summed E-state index contributed by atoms with van der Waals surface area (Å²) in [7, 11) is 0. The minimum Gasteiger partial charge on any atom is -0.444 e. The fourth-order valence-electron chi connectivity index (χ4n) is 3.40. The highest BCUT2D eigenvalue weighted by molar-refractivity contribution is 9.10. The number of fused-ring (bicyclic) bond motifs is 1. The Hall–Kier alpha value is -3.73. The molecule has 0 spiro atoms. The molecule has 0 atom stereocenters. The molecule has 2 aromatic carbocycles. The number of nitrogens with one attached hydrogen (secondary N) is 3. The second-order valence-electron chi connectivity index (χ2n) is 9.05. The average molecular weight is 559 g/mol. The van der Waals surface area contributed by atoms with Crippen LogP contribution in [0.25, 0.3) is 0 Å². The Bertz CT molecular complexity index is 1210. The van der Waals surface area contributed by atoms with E-state index in [4.69, 9.17) is 4.74 Å². The van der Waals surface area contributed by atoms with Gasteiger partial charge in [-0.05, 0) is 50.6 Å². The lowest BCUT2D eigenvalue weighted by Gasteiger charge is -2.19. The standard InChI is InChI=1S/C25H27BrN4O6/c1-25(2,3)36-24(35)27-11-10-20(31)29-19-7-5-4-6-15(19)13-28-21(32)14-30-22(33)17-9-8-16(26)12-18(17)23(30)34/h4-9,12H,10-11,13-14H2,1-3H3,(H,27,35)(H,28,32)(H,29,31). The molecule has 0 saturated carbocycles. The molecular formula is C25H27BrN4O6. The summed E-state index contributed by atoms with van der Waals surface area (Å²) in [6, 6.07) is 11.7. The molecule has 10 nitrogen and oxygen atoms in total. The highest BCUT2D eigenvalue weighted by atomic mass is 79.9. The SMILES string of the molecule is CC(C)(C)OC(=O)NCCC(=O)Nc1ccccc1CNC(=O)CN1C(=O)c2ccc(Br)cc2C1=O. The molecule has 0 aromatic heterocycles. The maximum absolute atomic E-state index is 12.6. The van der Waals surface area contributed by atoms with E-state index in [0.717, 1.165) is 4.90 Å². The van der Waals surface area contributed by atoms with Crippen molar-refractivity contribution in [2.75, 3.05) is 18.4 Å².